The molecule has 1 aromatic rings. The lowest BCUT2D eigenvalue weighted by Crippen LogP contribution is -2.52. The van der Waals surface area contributed by atoms with Crippen molar-refractivity contribution in [2.45, 2.75) is 44.4 Å². The zero-order valence-electron chi connectivity index (χ0n) is 12.3. The molecule has 2 atom stereocenters. The summed E-state index contributed by atoms with van der Waals surface area (Å²) in [5, 5.41) is 0. The number of nitrogens with zero attached hydrogens (tertiary/aromatic N) is 1. The van der Waals surface area contributed by atoms with E-state index in [4.69, 9.17) is 9.47 Å². The highest BCUT2D eigenvalue weighted by atomic mass is 19.1. The molecule has 2 aliphatic rings. The number of benzene rings is 1. The fourth-order valence-corrected chi connectivity index (χ4v) is 3.45. The molecule has 1 aromatic carbocycles. The predicted molar refractivity (Wildman–Crippen MR) is 75.3 cm³/mol. The minimum Gasteiger partial charge on any atom is -0.494 e. The van der Waals surface area contributed by atoms with Gasteiger partial charge in [-0.25, -0.2) is 8.78 Å². The van der Waals surface area contributed by atoms with Gasteiger partial charge in [0.05, 0.1) is 19.8 Å². The molecule has 0 bridgehead atoms. The molecular weight excluding hydrogens is 276 g/mol. The Kier molecular flexibility index (Phi) is 4.40. The van der Waals surface area contributed by atoms with Crippen molar-refractivity contribution in [1.29, 1.82) is 0 Å². The average molecular weight is 297 g/mol. The molecule has 116 valence electrons. The third-order valence-corrected chi connectivity index (χ3v) is 4.58. The molecule has 5 heteroatoms. The smallest absolute Gasteiger partial charge is 0.172 e. The van der Waals surface area contributed by atoms with E-state index in [9.17, 15) is 8.78 Å². The molecule has 1 saturated heterocycles. The van der Waals surface area contributed by atoms with Crippen LogP contribution in [0.15, 0.2) is 12.1 Å². The summed E-state index contributed by atoms with van der Waals surface area (Å²) in [7, 11) is 1.39. The molecule has 0 N–H and O–H groups in total. The van der Waals surface area contributed by atoms with Crippen molar-refractivity contribution in [2.24, 2.45) is 0 Å². The Balaban J connectivity index is 1.82. The third-order valence-electron chi connectivity index (χ3n) is 4.58. The lowest BCUT2D eigenvalue weighted by Gasteiger charge is -2.43. The SMILES string of the molecule is COc1ccc(F)c(CN2CCO[C@@H]3CCCC[C@H]32)c1F. The van der Waals surface area contributed by atoms with Gasteiger partial charge in [0.2, 0.25) is 0 Å². The van der Waals surface area contributed by atoms with Gasteiger partial charge in [-0.05, 0) is 25.0 Å². The number of fused-ring (bicyclic) bond motifs is 1. The van der Waals surface area contributed by atoms with Gasteiger partial charge in [0.1, 0.15) is 5.82 Å². The summed E-state index contributed by atoms with van der Waals surface area (Å²) in [6.45, 7) is 1.63. The van der Waals surface area contributed by atoms with Crippen LogP contribution >= 0.6 is 0 Å². The summed E-state index contributed by atoms with van der Waals surface area (Å²) in [4.78, 5) is 2.16. The third kappa shape index (κ3) is 2.90. The van der Waals surface area contributed by atoms with Gasteiger partial charge in [0.15, 0.2) is 11.6 Å². The maximum absolute atomic E-state index is 14.3. The number of halogens is 2. The first-order chi connectivity index (χ1) is 10.2. The Hall–Kier alpha value is -1.20. The number of methoxy groups -OCH3 is 1. The highest BCUT2D eigenvalue weighted by Crippen LogP contribution is 2.31. The number of hydrogen-bond donors (Lipinski definition) is 0. The van der Waals surface area contributed by atoms with Gasteiger partial charge in [-0.15, -0.1) is 0 Å². The van der Waals surface area contributed by atoms with Crippen molar-refractivity contribution in [3.63, 3.8) is 0 Å². The Morgan fingerprint density at radius 1 is 1.29 bits per heavy atom. The van der Waals surface area contributed by atoms with Crippen molar-refractivity contribution < 1.29 is 18.3 Å². The molecule has 1 saturated carbocycles. The summed E-state index contributed by atoms with van der Waals surface area (Å²) in [5.41, 5.74) is 0.0978. The van der Waals surface area contributed by atoms with E-state index in [0.29, 0.717) is 6.61 Å². The normalized spacial score (nSPS) is 26.4. The van der Waals surface area contributed by atoms with Crippen LogP contribution in [0.25, 0.3) is 0 Å². The first-order valence-electron chi connectivity index (χ1n) is 7.57. The standard InChI is InChI=1S/C16H21F2NO2/c1-20-15-7-6-12(17)11(16(15)18)10-19-8-9-21-14-5-3-2-4-13(14)19/h6-7,13-14H,2-5,8-10H2,1H3/t13-,14-/m1/s1. The highest BCUT2D eigenvalue weighted by Gasteiger charge is 2.35. The van der Waals surface area contributed by atoms with Gasteiger partial charge < -0.3 is 9.47 Å². The van der Waals surface area contributed by atoms with Gasteiger partial charge in [-0.2, -0.15) is 0 Å². The summed E-state index contributed by atoms with van der Waals surface area (Å²) in [6, 6.07) is 2.88. The number of hydrogen-bond acceptors (Lipinski definition) is 3. The quantitative estimate of drug-likeness (QED) is 0.855. The Morgan fingerprint density at radius 3 is 2.90 bits per heavy atom. The van der Waals surface area contributed by atoms with E-state index in [2.05, 4.69) is 4.90 Å². The van der Waals surface area contributed by atoms with E-state index < -0.39 is 11.6 Å². The van der Waals surface area contributed by atoms with E-state index in [-0.39, 0.29) is 30.0 Å². The molecule has 3 nitrogen and oxygen atoms in total. The van der Waals surface area contributed by atoms with Crippen LogP contribution in [0.2, 0.25) is 0 Å². The van der Waals surface area contributed by atoms with Crippen LogP contribution in [-0.2, 0) is 11.3 Å². The van der Waals surface area contributed by atoms with Crippen LogP contribution in [0.5, 0.6) is 5.75 Å². The highest BCUT2D eigenvalue weighted by molar-refractivity contribution is 5.32. The molecule has 3 rings (SSSR count). The van der Waals surface area contributed by atoms with Crippen LogP contribution in [0.4, 0.5) is 8.78 Å². The summed E-state index contributed by atoms with van der Waals surface area (Å²) < 4.78 is 39.0. The van der Waals surface area contributed by atoms with E-state index in [1.165, 1.54) is 25.7 Å². The Labute approximate surface area is 123 Å². The van der Waals surface area contributed by atoms with Gasteiger partial charge >= 0.3 is 0 Å². The van der Waals surface area contributed by atoms with E-state index >= 15 is 0 Å². The molecule has 1 heterocycles. The van der Waals surface area contributed by atoms with Gasteiger partial charge in [-0.3, -0.25) is 4.90 Å². The minimum atomic E-state index is -0.587. The molecule has 21 heavy (non-hydrogen) atoms. The topological polar surface area (TPSA) is 21.7 Å². The molecule has 0 aromatic heterocycles. The number of rotatable bonds is 3. The van der Waals surface area contributed by atoms with Crippen molar-refractivity contribution in [3.8, 4) is 5.75 Å². The number of morpholine rings is 1. The summed E-state index contributed by atoms with van der Waals surface area (Å²) in [6.07, 6.45) is 4.63. The van der Waals surface area contributed by atoms with Crippen LogP contribution in [0, 0.1) is 11.6 Å². The monoisotopic (exact) mass is 297 g/mol. The second-order valence-electron chi connectivity index (χ2n) is 5.77. The van der Waals surface area contributed by atoms with Crippen molar-refractivity contribution >= 4 is 0 Å². The molecule has 1 aliphatic heterocycles. The van der Waals surface area contributed by atoms with Crippen LogP contribution in [0.1, 0.15) is 31.2 Å². The number of ether oxygens (including phenoxy) is 2. The van der Waals surface area contributed by atoms with Gasteiger partial charge in [0, 0.05) is 24.7 Å². The maximum Gasteiger partial charge on any atom is 0.172 e. The molecule has 1 aliphatic carbocycles. The van der Waals surface area contributed by atoms with Crippen LogP contribution in [0.3, 0.4) is 0 Å². The molecule has 2 fully saturated rings. The fourth-order valence-electron chi connectivity index (χ4n) is 3.45. The second kappa shape index (κ2) is 6.28. The molecule has 0 amide bonds. The Bertz CT molecular complexity index is 507. The minimum absolute atomic E-state index is 0.0971. The zero-order chi connectivity index (χ0) is 14.8. The lowest BCUT2D eigenvalue weighted by atomic mass is 9.90. The summed E-state index contributed by atoms with van der Waals surface area (Å²) >= 11 is 0. The van der Waals surface area contributed by atoms with Gasteiger partial charge in [-0.1, -0.05) is 12.8 Å². The molecule has 0 unspecified atom stereocenters. The summed E-state index contributed by atoms with van der Waals surface area (Å²) in [5.74, 6) is -0.997. The van der Waals surface area contributed by atoms with Gasteiger partial charge in [0.25, 0.3) is 0 Å². The average Bonchev–Trinajstić information content (AvgIpc) is 2.52. The molecule has 0 radical (unpaired) electrons. The van der Waals surface area contributed by atoms with E-state index in [1.54, 1.807) is 0 Å². The predicted octanol–water partition coefficient (Wildman–Crippen LogP) is 3.12. The lowest BCUT2D eigenvalue weighted by molar-refractivity contribution is -0.0916. The largest absolute Gasteiger partial charge is 0.494 e. The molecular formula is C16H21F2NO2. The second-order valence-corrected chi connectivity index (χ2v) is 5.77. The fraction of sp³-hybridized carbons (Fsp3) is 0.625. The van der Waals surface area contributed by atoms with Crippen molar-refractivity contribution in [1.82, 2.24) is 4.90 Å². The van der Waals surface area contributed by atoms with Crippen LogP contribution in [-0.4, -0.2) is 37.3 Å². The Morgan fingerprint density at radius 2 is 2.10 bits per heavy atom. The van der Waals surface area contributed by atoms with Crippen LogP contribution < -0.4 is 4.74 Å². The zero-order valence-corrected chi connectivity index (χ0v) is 12.3. The first-order valence-corrected chi connectivity index (χ1v) is 7.57. The molecule has 0 spiro atoms. The van der Waals surface area contributed by atoms with E-state index in [1.807, 2.05) is 0 Å². The van der Waals surface area contributed by atoms with Crippen molar-refractivity contribution in [3.05, 3.63) is 29.3 Å². The maximum atomic E-state index is 14.3. The van der Waals surface area contributed by atoms with E-state index in [0.717, 1.165) is 25.8 Å². The first kappa shape index (κ1) is 14.7. The van der Waals surface area contributed by atoms with Crippen molar-refractivity contribution in [2.75, 3.05) is 20.3 Å².